The second-order valence-electron chi connectivity index (χ2n) is 9.28. The Morgan fingerprint density at radius 3 is 2.10 bits per heavy atom. The second kappa shape index (κ2) is 16.9. The van der Waals surface area contributed by atoms with Crippen LogP contribution in [0, 0.1) is 0 Å². The van der Waals surface area contributed by atoms with Gasteiger partial charge in [-0.25, -0.2) is 0 Å². The number of Topliss-reactive ketones (excluding diaryl/α,β-unsaturated/α-hetero) is 2. The van der Waals surface area contributed by atoms with E-state index in [0.29, 0.717) is 61.7 Å². The summed E-state index contributed by atoms with van der Waals surface area (Å²) in [5.41, 5.74) is 2.56. The van der Waals surface area contributed by atoms with Crippen molar-refractivity contribution in [1.82, 2.24) is 0 Å². The van der Waals surface area contributed by atoms with Gasteiger partial charge in [-0.05, 0) is 70.7 Å². The van der Waals surface area contributed by atoms with Crippen LogP contribution in [-0.4, -0.2) is 48.2 Å². The number of carbonyl (C=O) groups is 3. The highest BCUT2D eigenvalue weighted by atomic mass is 32.2. The average Bonchev–Trinajstić information content (AvgIpc) is 2.89. The van der Waals surface area contributed by atoms with E-state index < -0.39 is 0 Å². The fourth-order valence-corrected chi connectivity index (χ4v) is 5.27. The van der Waals surface area contributed by atoms with E-state index in [1.165, 1.54) is 13.8 Å². The molecule has 0 spiro atoms. The third kappa shape index (κ3) is 9.60. The van der Waals surface area contributed by atoms with Crippen LogP contribution >= 0.6 is 11.8 Å². The number of rotatable bonds is 18. The zero-order valence-corrected chi connectivity index (χ0v) is 24.7. The van der Waals surface area contributed by atoms with Gasteiger partial charge < -0.3 is 19.3 Å². The highest BCUT2D eigenvalue weighted by Gasteiger charge is 2.19. The van der Waals surface area contributed by atoms with Gasteiger partial charge in [0.05, 0.1) is 30.9 Å². The lowest BCUT2D eigenvalue weighted by atomic mass is 10.0. The molecule has 0 atom stereocenters. The number of aromatic hydroxyl groups is 1. The molecule has 0 saturated carbocycles. The van der Waals surface area contributed by atoms with Gasteiger partial charge in [0, 0.05) is 28.2 Å². The highest BCUT2D eigenvalue weighted by Crippen LogP contribution is 2.36. The molecular weight excluding hydrogens is 516 g/mol. The number of carbonyl (C=O) groups excluding carboxylic acids is 3. The molecule has 0 bridgehead atoms. The number of esters is 1. The van der Waals surface area contributed by atoms with Crippen LogP contribution in [0.2, 0.25) is 0 Å². The van der Waals surface area contributed by atoms with Crippen molar-refractivity contribution >= 4 is 29.3 Å². The number of hydrogen-bond donors (Lipinski definition) is 1. The number of hydrogen-bond acceptors (Lipinski definition) is 8. The first-order valence-electron chi connectivity index (χ1n) is 13.8. The molecule has 0 aliphatic carbocycles. The molecule has 214 valence electrons. The number of thioether (sulfide) groups is 1. The minimum atomic E-state index is -0.261. The van der Waals surface area contributed by atoms with E-state index in [9.17, 15) is 19.5 Å². The first kappa shape index (κ1) is 32.2. The van der Waals surface area contributed by atoms with E-state index in [1.54, 1.807) is 30.8 Å². The Morgan fingerprint density at radius 2 is 1.46 bits per heavy atom. The summed E-state index contributed by atoms with van der Waals surface area (Å²) in [6, 6.07) is 7.18. The smallest absolute Gasteiger partial charge is 0.305 e. The van der Waals surface area contributed by atoms with Crippen LogP contribution in [0.3, 0.4) is 0 Å². The molecule has 0 radical (unpaired) electrons. The van der Waals surface area contributed by atoms with Gasteiger partial charge in [0.2, 0.25) is 0 Å². The number of ether oxygens (including phenoxy) is 3. The highest BCUT2D eigenvalue weighted by molar-refractivity contribution is 7.99. The molecule has 8 heteroatoms. The fourth-order valence-electron chi connectivity index (χ4n) is 4.25. The van der Waals surface area contributed by atoms with E-state index >= 15 is 0 Å². The molecule has 0 aliphatic heterocycles. The van der Waals surface area contributed by atoms with Crippen LogP contribution < -0.4 is 9.47 Å². The summed E-state index contributed by atoms with van der Waals surface area (Å²) in [4.78, 5) is 36.8. The molecular formula is C31H42O7S. The van der Waals surface area contributed by atoms with Crippen molar-refractivity contribution in [3.8, 4) is 17.2 Å². The molecule has 0 aromatic heterocycles. The molecule has 2 aromatic rings. The van der Waals surface area contributed by atoms with Crippen LogP contribution in [0.5, 0.6) is 17.2 Å². The van der Waals surface area contributed by atoms with Crippen molar-refractivity contribution in [2.45, 2.75) is 84.5 Å². The number of phenolic OH excluding ortho intramolecular Hbond substituents is 1. The van der Waals surface area contributed by atoms with Crippen molar-refractivity contribution in [1.29, 1.82) is 0 Å². The van der Waals surface area contributed by atoms with Gasteiger partial charge in [0.1, 0.15) is 17.2 Å². The molecule has 0 aliphatic rings. The predicted octanol–water partition coefficient (Wildman–Crippen LogP) is 6.99. The third-order valence-corrected chi connectivity index (χ3v) is 7.28. The quantitative estimate of drug-likeness (QED) is 0.0905. The van der Waals surface area contributed by atoms with Gasteiger partial charge >= 0.3 is 5.97 Å². The van der Waals surface area contributed by atoms with Crippen molar-refractivity contribution in [3.05, 3.63) is 46.5 Å². The van der Waals surface area contributed by atoms with Crippen LogP contribution in [0.15, 0.2) is 29.2 Å². The fraction of sp³-hybridized carbons (Fsp3) is 0.516. The van der Waals surface area contributed by atoms with E-state index in [4.69, 9.17) is 14.2 Å². The monoisotopic (exact) mass is 558 g/mol. The van der Waals surface area contributed by atoms with Gasteiger partial charge in [0.15, 0.2) is 11.6 Å². The molecule has 7 nitrogen and oxygen atoms in total. The number of benzene rings is 2. The van der Waals surface area contributed by atoms with E-state index in [1.807, 2.05) is 19.1 Å². The largest absolute Gasteiger partial charge is 0.507 e. The zero-order chi connectivity index (χ0) is 28.8. The van der Waals surface area contributed by atoms with Crippen LogP contribution in [-0.2, 0) is 22.4 Å². The summed E-state index contributed by atoms with van der Waals surface area (Å²) in [6.07, 6.45) is 4.64. The molecule has 0 heterocycles. The summed E-state index contributed by atoms with van der Waals surface area (Å²) in [7, 11) is 0. The first-order valence-corrected chi connectivity index (χ1v) is 14.8. The second-order valence-corrected chi connectivity index (χ2v) is 10.4. The van der Waals surface area contributed by atoms with Gasteiger partial charge in [-0.2, -0.15) is 0 Å². The Bertz CT molecular complexity index is 1130. The molecule has 0 fully saturated rings. The van der Waals surface area contributed by atoms with Gasteiger partial charge in [-0.1, -0.05) is 26.7 Å². The lowest BCUT2D eigenvalue weighted by Gasteiger charge is -2.19. The molecule has 2 aromatic carbocycles. The number of ketones is 2. The molecule has 2 rings (SSSR count). The topological polar surface area (TPSA) is 99.1 Å². The molecule has 0 unspecified atom stereocenters. The standard InChI is InChI=1S/C31H42O7S/c1-6-11-25-27(16-14-24(22(5)33)31(25)38-18-9-13-29(34)36-8-3)37-19-10-20-39-28-17-15-23(21(4)32)30(35)26(28)12-7-2/h14-17,35H,6-13,18-20H2,1-5H3. The lowest BCUT2D eigenvalue weighted by Crippen LogP contribution is -2.11. The zero-order valence-electron chi connectivity index (χ0n) is 23.9. The van der Waals surface area contributed by atoms with Gasteiger partial charge in [0.25, 0.3) is 0 Å². The van der Waals surface area contributed by atoms with Crippen molar-refractivity contribution in [3.63, 3.8) is 0 Å². The lowest BCUT2D eigenvalue weighted by molar-refractivity contribution is -0.143. The maximum absolute atomic E-state index is 12.3. The number of phenols is 1. The Hall–Kier alpha value is -3.00. The minimum absolute atomic E-state index is 0.0855. The Labute approximate surface area is 236 Å². The molecule has 39 heavy (non-hydrogen) atoms. The molecule has 0 saturated heterocycles. The third-order valence-electron chi connectivity index (χ3n) is 6.10. The maximum atomic E-state index is 12.3. The minimum Gasteiger partial charge on any atom is -0.507 e. The molecule has 0 amide bonds. The Morgan fingerprint density at radius 1 is 0.821 bits per heavy atom. The van der Waals surface area contributed by atoms with E-state index in [-0.39, 0.29) is 29.7 Å². The Kier molecular flexibility index (Phi) is 13.9. The summed E-state index contributed by atoms with van der Waals surface area (Å²) in [6.45, 7) is 9.99. The van der Waals surface area contributed by atoms with E-state index in [0.717, 1.165) is 41.0 Å². The van der Waals surface area contributed by atoms with Crippen LogP contribution in [0.25, 0.3) is 0 Å². The predicted molar refractivity (Wildman–Crippen MR) is 155 cm³/mol. The van der Waals surface area contributed by atoms with Gasteiger partial charge in [-0.3, -0.25) is 14.4 Å². The summed E-state index contributed by atoms with van der Waals surface area (Å²) < 4.78 is 17.2. The van der Waals surface area contributed by atoms with E-state index in [2.05, 4.69) is 6.92 Å². The molecule has 1 N–H and O–H groups in total. The Balaban J connectivity index is 2.07. The van der Waals surface area contributed by atoms with Crippen LogP contribution in [0.4, 0.5) is 0 Å². The van der Waals surface area contributed by atoms with Crippen LogP contribution in [0.1, 0.15) is 98.6 Å². The first-order chi connectivity index (χ1) is 18.7. The van der Waals surface area contributed by atoms with Crippen molar-refractivity contribution in [2.75, 3.05) is 25.6 Å². The summed E-state index contributed by atoms with van der Waals surface area (Å²) >= 11 is 1.64. The maximum Gasteiger partial charge on any atom is 0.305 e. The summed E-state index contributed by atoms with van der Waals surface area (Å²) in [5.74, 6) is 1.61. The SMILES string of the molecule is CCCc1c(SCCCOc2ccc(C(C)=O)c(OCCCC(=O)OCC)c2CCC)ccc(C(C)=O)c1O. The van der Waals surface area contributed by atoms with Gasteiger partial charge in [-0.15, -0.1) is 11.8 Å². The van der Waals surface area contributed by atoms with Crippen molar-refractivity contribution in [2.24, 2.45) is 0 Å². The summed E-state index contributed by atoms with van der Waals surface area (Å²) in [5, 5.41) is 10.6. The van der Waals surface area contributed by atoms with Crippen molar-refractivity contribution < 1.29 is 33.7 Å². The average molecular weight is 559 g/mol. The normalized spacial score (nSPS) is 10.8.